The molecule has 0 spiro atoms. The zero-order valence-corrected chi connectivity index (χ0v) is 25.3. The topological polar surface area (TPSA) is 150 Å². The van der Waals surface area contributed by atoms with Crippen molar-refractivity contribution in [1.29, 1.82) is 0 Å². The average molecular weight is 617 g/mol. The Kier molecular flexibility index (Phi) is 8.81. The van der Waals surface area contributed by atoms with Crippen molar-refractivity contribution in [3.8, 4) is 5.75 Å². The first-order valence-corrected chi connectivity index (χ1v) is 15.4. The molecule has 2 unspecified atom stereocenters. The third-order valence-corrected chi connectivity index (χ3v) is 8.37. The summed E-state index contributed by atoms with van der Waals surface area (Å²) in [5, 5.41) is 10.4. The highest BCUT2D eigenvalue weighted by atomic mass is 16.5. The van der Waals surface area contributed by atoms with E-state index in [9.17, 15) is 19.2 Å². The van der Waals surface area contributed by atoms with Gasteiger partial charge in [-0.05, 0) is 73.9 Å². The summed E-state index contributed by atoms with van der Waals surface area (Å²) in [5.74, 6) is -0.708. The molecular formula is C33H36N4O8. The minimum atomic E-state index is -0.560. The molecule has 6 rings (SSSR count). The summed E-state index contributed by atoms with van der Waals surface area (Å²) in [6, 6.07) is 14.4. The Balaban J connectivity index is 1.10. The van der Waals surface area contributed by atoms with E-state index in [1.807, 2.05) is 19.1 Å². The number of cyclic esters (lactones) is 1. The predicted octanol–water partition coefficient (Wildman–Crippen LogP) is 3.90. The number of hydrogen-bond acceptors (Lipinski definition) is 10. The number of ether oxygens (including phenoxy) is 3. The second-order valence-corrected chi connectivity index (χ2v) is 11.9. The molecular weight excluding hydrogens is 580 g/mol. The average Bonchev–Trinajstić information content (AvgIpc) is 3.66. The Morgan fingerprint density at radius 2 is 1.78 bits per heavy atom. The first kappa shape index (κ1) is 30.3. The van der Waals surface area contributed by atoms with Crippen molar-refractivity contribution < 1.29 is 37.8 Å². The number of hydrogen-bond donors (Lipinski definition) is 1. The molecule has 1 aliphatic carbocycles. The number of carbonyl (C=O) groups excluding carboxylic acids is 4. The van der Waals surface area contributed by atoms with Crippen LogP contribution in [0, 0.1) is 12.8 Å². The summed E-state index contributed by atoms with van der Waals surface area (Å²) < 4.78 is 22.4. The molecule has 3 fully saturated rings. The highest BCUT2D eigenvalue weighted by Crippen LogP contribution is 2.40. The van der Waals surface area contributed by atoms with E-state index in [4.69, 9.17) is 18.6 Å². The smallest absolute Gasteiger partial charge is 0.338 e. The van der Waals surface area contributed by atoms with Gasteiger partial charge in [-0.1, -0.05) is 24.3 Å². The summed E-state index contributed by atoms with van der Waals surface area (Å²) in [6.07, 6.45) is 2.81. The molecule has 2 aromatic carbocycles. The number of rotatable bonds is 10. The van der Waals surface area contributed by atoms with Crippen LogP contribution in [0.3, 0.4) is 0 Å². The van der Waals surface area contributed by atoms with Gasteiger partial charge in [-0.3, -0.25) is 14.4 Å². The van der Waals surface area contributed by atoms with Gasteiger partial charge in [0.2, 0.25) is 11.8 Å². The number of benzene rings is 2. The molecule has 12 heteroatoms. The van der Waals surface area contributed by atoms with E-state index in [1.165, 1.54) is 18.4 Å². The lowest BCUT2D eigenvalue weighted by Gasteiger charge is -2.33. The normalized spacial score (nSPS) is 21.0. The van der Waals surface area contributed by atoms with Crippen LogP contribution in [0.1, 0.15) is 89.1 Å². The van der Waals surface area contributed by atoms with Crippen LogP contribution in [0.15, 0.2) is 52.9 Å². The zero-order chi connectivity index (χ0) is 31.5. The van der Waals surface area contributed by atoms with Gasteiger partial charge < -0.3 is 28.8 Å². The monoisotopic (exact) mass is 616 g/mol. The van der Waals surface area contributed by atoms with Gasteiger partial charge in [0, 0.05) is 13.5 Å². The number of nitrogens with one attached hydrogen (secondary N) is 1. The quantitative estimate of drug-likeness (QED) is 0.332. The Labute approximate surface area is 260 Å². The molecule has 0 radical (unpaired) electrons. The van der Waals surface area contributed by atoms with Crippen LogP contribution in [-0.4, -0.2) is 70.7 Å². The Morgan fingerprint density at radius 1 is 1.02 bits per heavy atom. The van der Waals surface area contributed by atoms with Crippen LogP contribution >= 0.6 is 0 Å². The van der Waals surface area contributed by atoms with E-state index < -0.39 is 36.0 Å². The van der Waals surface area contributed by atoms with E-state index in [0.29, 0.717) is 42.5 Å². The maximum Gasteiger partial charge on any atom is 0.338 e. The van der Waals surface area contributed by atoms with Crippen molar-refractivity contribution >= 4 is 23.8 Å². The van der Waals surface area contributed by atoms with E-state index in [0.717, 1.165) is 5.56 Å². The third kappa shape index (κ3) is 7.33. The van der Waals surface area contributed by atoms with Crippen molar-refractivity contribution in [1.82, 2.24) is 20.4 Å². The summed E-state index contributed by atoms with van der Waals surface area (Å²) >= 11 is 0. The first-order valence-electron chi connectivity index (χ1n) is 15.4. The number of carbonyl (C=O) groups is 4. The lowest BCUT2D eigenvalue weighted by atomic mass is 10.00. The third-order valence-electron chi connectivity index (χ3n) is 8.37. The van der Waals surface area contributed by atoms with Gasteiger partial charge in [-0.15, -0.1) is 10.2 Å². The minimum Gasteiger partial charge on any atom is -0.484 e. The number of amides is 2. The minimum absolute atomic E-state index is 0.0877. The summed E-state index contributed by atoms with van der Waals surface area (Å²) in [6.45, 7) is 4.39. The molecule has 45 heavy (non-hydrogen) atoms. The van der Waals surface area contributed by atoms with Crippen LogP contribution in [-0.2, 0) is 19.1 Å². The van der Waals surface area contributed by atoms with Crippen LogP contribution in [0.25, 0.3) is 0 Å². The van der Waals surface area contributed by atoms with E-state index in [2.05, 4.69) is 27.6 Å². The lowest BCUT2D eigenvalue weighted by Crippen LogP contribution is -2.46. The van der Waals surface area contributed by atoms with Gasteiger partial charge in [-0.2, -0.15) is 0 Å². The fourth-order valence-electron chi connectivity index (χ4n) is 5.77. The van der Waals surface area contributed by atoms with Gasteiger partial charge in [0.05, 0.1) is 30.5 Å². The predicted molar refractivity (Wildman–Crippen MR) is 158 cm³/mol. The maximum atomic E-state index is 13.0. The van der Waals surface area contributed by atoms with E-state index >= 15 is 0 Å². The fourth-order valence-corrected chi connectivity index (χ4v) is 5.77. The molecule has 3 aliphatic rings. The van der Waals surface area contributed by atoms with Crippen LogP contribution < -0.4 is 10.1 Å². The number of piperidine rings is 1. The Bertz CT molecular complexity index is 1550. The molecule has 12 nitrogen and oxygen atoms in total. The standard InChI is InChI=1S/C33H36N4O8/c1-19(34-30(39)31-36-35-20(2)43-31)29(23-9-7-22(8-10-23)21-5-6-21)44-26-13-11-24(12-14-26)33(41)45-27-4-3-15-37(17-27)32(40)25-16-28(38)42-18-25/h7-14,19,21,25,27,29H,3-6,15-18H2,1-2H3,(H,34,39)/t19?,25-,27+,29?/m1/s1. The molecule has 1 N–H and O–H groups in total. The SMILES string of the molecule is Cc1nnc(C(=O)NC(C)C(Oc2ccc(C(=O)O[C@H]3CCCN(C(=O)[C@H]4COC(=O)C4)C3)cc2)c2ccc(C3CC3)cc2)o1. The van der Waals surface area contributed by atoms with Gasteiger partial charge in [0.15, 0.2) is 0 Å². The Morgan fingerprint density at radius 3 is 2.42 bits per heavy atom. The molecule has 2 amide bonds. The molecule has 4 atom stereocenters. The molecule has 236 valence electrons. The fraction of sp³-hybridized carbons (Fsp3) is 0.455. The highest BCUT2D eigenvalue weighted by Gasteiger charge is 2.36. The number of likely N-dealkylation sites (tertiary alicyclic amines) is 1. The summed E-state index contributed by atoms with van der Waals surface area (Å²) in [5.41, 5.74) is 2.51. The van der Waals surface area contributed by atoms with Gasteiger partial charge in [-0.25, -0.2) is 4.79 Å². The molecule has 2 aliphatic heterocycles. The van der Waals surface area contributed by atoms with Crippen molar-refractivity contribution in [2.75, 3.05) is 19.7 Å². The van der Waals surface area contributed by atoms with Crippen molar-refractivity contribution in [3.05, 3.63) is 77.0 Å². The number of esters is 2. The van der Waals surface area contributed by atoms with Gasteiger partial charge >= 0.3 is 23.7 Å². The number of nitrogens with zero attached hydrogens (tertiary/aromatic N) is 3. The highest BCUT2D eigenvalue weighted by molar-refractivity contribution is 5.90. The molecule has 2 saturated heterocycles. The van der Waals surface area contributed by atoms with Gasteiger partial charge in [0.25, 0.3) is 0 Å². The van der Waals surface area contributed by atoms with E-state index in [-0.39, 0.29) is 37.3 Å². The second-order valence-electron chi connectivity index (χ2n) is 11.9. The second kappa shape index (κ2) is 13.1. The number of aromatic nitrogens is 2. The van der Waals surface area contributed by atoms with Crippen LogP contribution in [0.2, 0.25) is 0 Å². The molecule has 1 saturated carbocycles. The zero-order valence-electron chi connectivity index (χ0n) is 25.3. The first-order chi connectivity index (χ1) is 21.7. The van der Waals surface area contributed by atoms with E-state index in [1.54, 1.807) is 36.1 Å². The van der Waals surface area contributed by atoms with Gasteiger partial charge in [0.1, 0.15) is 24.6 Å². The lowest BCUT2D eigenvalue weighted by molar-refractivity contribution is -0.139. The summed E-state index contributed by atoms with van der Waals surface area (Å²) in [7, 11) is 0. The Hall–Kier alpha value is -4.74. The summed E-state index contributed by atoms with van der Waals surface area (Å²) in [4.78, 5) is 51.7. The molecule has 3 heterocycles. The maximum absolute atomic E-state index is 13.0. The van der Waals surface area contributed by atoms with Crippen LogP contribution in [0.5, 0.6) is 5.75 Å². The number of aryl methyl sites for hydroxylation is 1. The van der Waals surface area contributed by atoms with Crippen molar-refractivity contribution in [2.45, 2.75) is 70.1 Å². The largest absolute Gasteiger partial charge is 0.484 e. The molecule has 0 bridgehead atoms. The van der Waals surface area contributed by atoms with Crippen LogP contribution in [0.4, 0.5) is 0 Å². The van der Waals surface area contributed by atoms with Crippen molar-refractivity contribution in [3.63, 3.8) is 0 Å². The van der Waals surface area contributed by atoms with Crippen molar-refractivity contribution in [2.24, 2.45) is 5.92 Å². The molecule has 1 aromatic heterocycles. The molecule has 3 aromatic rings.